The van der Waals surface area contributed by atoms with Crippen LogP contribution in [0.4, 0.5) is 5.69 Å². The number of rotatable bonds is 1. The molecule has 0 amide bonds. The third kappa shape index (κ3) is 1.61. The number of para-hydroxylation sites is 1. The molecule has 2 aliphatic heterocycles. The lowest BCUT2D eigenvalue weighted by molar-refractivity contribution is 0.513. The molecule has 19 heavy (non-hydrogen) atoms. The highest BCUT2D eigenvalue weighted by Gasteiger charge is 2.36. The second-order valence-corrected chi connectivity index (χ2v) is 5.85. The molecule has 96 valence electrons. The summed E-state index contributed by atoms with van der Waals surface area (Å²) in [6, 6.07) is 19.0. The summed E-state index contributed by atoms with van der Waals surface area (Å²) in [5.74, 6) is 0. The molecule has 0 unspecified atom stereocenters. The quantitative estimate of drug-likeness (QED) is 0.734. The number of aryl methyl sites for hydroxylation is 1. The Bertz CT molecular complexity index is 602. The Morgan fingerprint density at radius 2 is 1.74 bits per heavy atom. The first-order valence-corrected chi connectivity index (χ1v) is 7.28. The molecule has 0 fully saturated rings. The summed E-state index contributed by atoms with van der Waals surface area (Å²) in [6.45, 7) is 2.37. The van der Waals surface area contributed by atoms with Gasteiger partial charge in [-0.25, -0.2) is 0 Å². The molecule has 2 aromatic carbocycles. The highest BCUT2D eigenvalue weighted by molar-refractivity contribution is 5.67. The lowest BCUT2D eigenvalue weighted by atomic mass is 9.91. The van der Waals surface area contributed by atoms with Gasteiger partial charge in [0.1, 0.15) is 0 Å². The lowest BCUT2D eigenvalue weighted by Crippen LogP contribution is -2.36. The van der Waals surface area contributed by atoms with Gasteiger partial charge in [0, 0.05) is 11.7 Å². The molecular weight excluding hydrogens is 230 g/mol. The zero-order valence-corrected chi connectivity index (χ0v) is 11.3. The molecule has 4 rings (SSSR count). The molecule has 0 saturated heterocycles. The maximum Gasteiger partial charge on any atom is 0.0548 e. The third-order valence-corrected chi connectivity index (χ3v) is 4.66. The molecule has 1 heteroatoms. The Hall–Kier alpha value is -1.76. The van der Waals surface area contributed by atoms with E-state index in [2.05, 4.69) is 60.4 Å². The minimum absolute atomic E-state index is 0.562. The van der Waals surface area contributed by atoms with Crippen molar-refractivity contribution < 1.29 is 0 Å². The third-order valence-electron chi connectivity index (χ3n) is 4.66. The van der Waals surface area contributed by atoms with Crippen LogP contribution in [0.3, 0.4) is 0 Å². The van der Waals surface area contributed by atoms with Crippen LogP contribution in [0.1, 0.15) is 36.1 Å². The van der Waals surface area contributed by atoms with E-state index < -0.39 is 0 Å². The summed E-state index contributed by atoms with van der Waals surface area (Å²) in [5.41, 5.74) is 6.10. The Balaban J connectivity index is 1.83. The Morgan fingerprint density at radius 3 is 2.58 bits per heavy atom. The van der Waals surface area contributed by atoms with Crippen molar-refractivity contribution in [3.05, 3.63) is 65.2 Å². The molecule has 2 aliphatic rings. The molecule has 2 aromatic rings. The fourth-order valence-electron chi connectivity index (χ4n) is 3.88. The van der Waals surface area contributed by atoms with Gasteiger partial charge < -0.3 is 4.90 Å². The monoisotopic (exact) mass is 249 g/mol. The molecule has 0 spiro atoms. The fourth-order valence-corrected chi connectivity index (χ4v) is 3.88. The van der Waals surface area contributed by atoms with E-state index in [1.807, 2.05) is 0 Å². The molecular formula is C18H19N. The number of nitrogens with zero attached hydrogens (tertiary/aromatic N) is 1. The van der Waals surface area contributed by atoms with Crippen LogP contribution < -0.4 is 4.90 Å². The van der Waals surface area contributed by atoms with Crippen LogP contribution in [0.5, 0.6) is 0 Å². The van der Waals surface area contributed by atoms with E-state index in [9.17, 15) is 0 Å². The maximum atomic E-state index is 2.67. The highest BCUT2D eigenvalue weighted by Crippen LogP contribution is 2.46. The number of hydrogen-bond donors (Lipinski definition) is 0. The van der Waals surface area contributed by atoms with Crippen molar-refractivity contribution in [2.45, 2.75) is 38.3 Å². The van der Waals surface area contributed by atoms with Gasteiger partial charge in [-0.05, 0) is 42.9 Å². The first kappa shape index (κ1) is 11.1. The van der Waals surface area contributed by atoms with E-state index in [-0.39, 0.29) is 0 Å². The number of anilines is 1. The molecule has 0 N–H and O–H groups in total. The van der Waals surface area contributed by atoms with E-state index in [1.165, 1.54) is 30.5 Å². The van der Waals surface area contributed by atoms with Gasteiger partial charge in [0.2, 0.25) is 0 Å². The van der Waals surface area contributed by atoms with E-state index in [0.717, 1.165) is 0 Å². The summed E-state index contributed by atoms with van der Waals surface area (Å²) in [4.78, 5) is 2.67. The van der Waals surface area contributed by atoms with Gasteiger partial charge in [-0.3, -0.25) is 0 Å². The molecule has 0 aromatic heterocycles. The van der Waals surface area contributed by atoms with E-state index in [4.69, 9.17) is 0 Å². The smallest absolute Gasteiger partial charge is 0.0548 e. The maximum absolute atomic E-state index is 2.67. The Kier molecular flexibility index (Phi) is 2.41. The largest absolute Gasteiger partial charge is 0.361 e. The zero-order valence-electron chi connectivity index (χ0n) is 11.3. The van der Waals surface area contributed by atoms with Crippen molar-refractivity contribution in [3.63, 3.8) is 0 Å². The molecule has 0 radical (unpaired) electrons. The van der Waals surface area contributed by atoms with Gasteiger partial charge >= 0.3 is 0 Å². The van der Waals surface area contributed by atoms with Crippen LogP contribution in [0.25, 0.3) is 0 Å². The van der Waals surface area contributed by atoms with Gasteiger partial charge in [0.05, 0.1) is 6.04 Å². The predicted octanol–water partition coefficient (Wildman–Crippen LogP) is 4.13. The molecule has 0 aliphatic carbocycles. The highest BCUT2D eigenvalue weighted by atomic mass is 15.2. The average molecular weight is 249 g/mol. The normalized spacial score (nSPS) is 24.4. The molecule has 2 atom stereocenters. The Labute approximate surface area is 114 Å². The predicted molar refractivity (Wildman–Crippen MR) is 79.6 cm³/mol. The minimum Gasteiger partial charge on any atom is -0.361 e. The van der Waals surface area contributed by atoms with Gasteiger partial charge in [0.25, 0.3) is 0 Å². The fraction of sp³-hybridized carbons (Fsp3) is 0.333. The Morgan fingerprint density at radius 1 is 0.947 bits per heavy atom. The van der Waals surface area contributed by atoms with Crippen LogP contribution in [0, 0.1) is 0 Å². The van der Waals surface area contributed by atoms with Gasteiger partial charge in [-0.1, -0.05) is 48.5 Å². The molecule has 0 saturated carbocycles. The first-order valence-electron chi connectivity index (χ1n) is 7.28. The van der Waals surface area contributed by atoms with E-state index in [1.54, 1.807) is 11.1 Å². The van der Waals surface area contributed by atoms with E-state index in [0.29, 0.717) is 12.1 Å². The SMILES string of the molecule is C[C@@H]1Cc2cccc3c2N1[C@H](c1ccccc1)CC3. The lowest BCUT2D eigenvalue weighted by Gasteiger charge is -2.39. The standard InChI is InChI=1S/C18H19N/c1-13-12-16-9-5-8-15-10-11-17(19(13)18(15)16)14-6-3-2-4-7-14/h2-9,13,17H,10-12H2,1H3/t13-,17+/m1/s1. The van der Waals surface area contributed by atoms with Crippen molar-refractivity contribution in [1.82, 2.24) is 0 Å². The second-order valence-electron chi connectivity index (χ2n) is 5.85. The molecule has 2 heterocycles. The second kappa shape index (κ2) is 4.12. The summed E-state index contributed by atoms with van der Waals surface area (Å²) in [6.07, 6.45) is 3.66. The van der Waals surface area contributed by atoms with Crippen LogP contribution in [0.2, 0.25) is 0 Å². The number of hydrogen-bond acceptors (Lipinski definition) is 1. The van der Waals surface area contributed by atoms with Gasteiger partial charge in [-0.15, -0.1) is 0 Å². The van der Waals surface area contributed by atoms with Crippen molar-refractivity contribution >= 4 is 5.69 Å². The summed E-state index contributed by atoms with van der Waals surface area (Å²) in [5, 5.41) is 0. The summed E-state index contributed by atoms with van der Waals surface area (Å²) < 4.78 is 0. The van der Waals surface area contributed by atoms with Crippen LogP contribution >= 0.6 is 0 Å². The summed E-state index contributed by atoms with van der Waals surface area (Å²) in [7, 11) is 0. The number of benzene rings is 2. The van der Waals surface area contributed by atoms with Crippen molar-refractivity contribution in [2.75, 3.05) is 4.90 Å². The van der Waals surface area contributed by atoms with Crippen molar-refractivity contribution in [3.8, 4) is 0 Å². The van der Waals surface area contributed by atoms with Gasteiger partial charge in [0.15, 0.2) is 0 Å². The van der Waals surface area contributed by atoms with Crippen LogP contribution in [-0.4, -0.2) is 6.04 Å². The van der Waals surface area contributed by atoms with E-state index >= 15 is 0 Å². The van der Waals surface area contributed by atoms with Crippen molar-refractivity contribution in [1.29, 1.82) is 0 Å². The topological polar surface area (TPSA) is 3.24 Å². The van der Waals surface area contributed by atoms with Crippen LogP contribution in [0.15, 0.2) is 48.5 Å². The van der Waals surface area contributed by atoms with Gasteiger partial charge in [-0.2, -0.15) is 0 Å². The molecule has 0 bridgehead atoms. The first-order chi connectivity index (χ1) is 9.34. The average Bonchev–Trinajstić information content (AvgIpc) is 2.80. The minimum atomic E-state index is 0.562. The zero-order chi connectivity index (χ0) is 12.8. The van der Waals surface area contributed by atoms with Crippen molar-refractivity contribution in [2.24, 2.45) is 0 Å². The molecule has 1 nitrogen and oxygen atoms in total. The van der Waals surface area contributed by atoms with Crippen LogP contribution in [-0.2, 0) is 12.8 Å². The summed E-state index contributed by atoms with van der Waals surface area (Å²) >= 11 is 0.